The summed E-state index contributed by atoms with van der Waals surface area (Å²) in [5, 5.41) is 13.4. The molecule has 0 saturated heterocycles. The molecule has 0 unspecified atom stereocenters. The average molecular weight is 1540 g/mol. The number of carboxylic acids is 1. The molecule has 0 spiro atoms. The Kier molecular flexibility index (Phi) is 37.1. The van der Waals surface area contributed by atoms with Crippen molar-refractivity contribution < 1.29 is 73.5 Å². The molecule has 0 aliphatic heterocycles. The number of carbonyl (C=O) groups is 4. The summed E-state index contributed by atoms with van der Waals surface area (Å²) in [5.74, 6) is 25.7. The van der Waals surface area contributed by atoms with E-state index in [-0.39, 0.29) is 58.5 Å². The van der Waals surface area contributed by atoms with Crippen LogP contribution in [0.25, 0.3) is 0 Å². The van der Waals surface area contributed by atoms with Gasteiger partial charge in [0.25, 0.3) is 0 Å². The molecule has 109 heavy (non-hydrogen) atoms. The van der Waals surface area contributed by atoms with Crippen LogP contribution in [0, 0.1) is 47.4 Å². The molecule has 8 aromatic carbocycles. The molecule has 0 radical (unpaired) electrons. The van der Waals surface area contributed by atoms with Gasteiger partial charge in [-0.3, -0.25) is 9.80 Å². The van der Waals surface area contributed by atoms with Gasteiger partial charge in [-0.25, -0.2) is 19.2 Å². The molecule has 11 rings (SSSR count). The molecular weight excluding hydrogens is 1430 g/mol. The molecule has 3 saturated carbocycles. The van der Waals surface area contributed by atoms with Crippen LogP contribution in [0.5, 0.6) is 0 Å². The number of nitrogens with zero attached hydrogens (tertiary/aromatic N) is 2. The molecule has 8 aromatic rings. The Morgan fingerprint density at radius 3 is 0.908 bits per heavy atom. The summed E-state index contributed by atoms with van der Waals surface area (Å²) in [6.45, 7) is 34.0. The molecule has 3 fully saturated rings. The summed E-state index contributed by atoms with van der Waals surface area (Å²) in [6.07, 6.45) is 7.93. The predicted octanol–water partition coefficient (Wildman–Crippen LogP) is 17.0. The molecule has 12 nitrogen and oxygen atoms in total. The summed E-state index contributed by atoms with van der Waals surface area (Å²) in [5.41, 5.74) is 20.3. The van der Waals surface area contributed by atoms with Crippen LogP contribution < -0.4 is 34.9 Å². The maximum absolute atomic E-state index is 11.8. The largest absolute Gasteiger partial charge is 1.00 e. The van der Waals surface area contributed by atoms with Crippen LogP contribution in [0.1, 0.15) is 283 Å². The van der Waals surface area contributed by atoms with Crippen molar-refractivity contribution >= 4 is 39.8 Å². The second kappa shape index (κ2) is 45.4. The van der Waals surface area contributed by atoms with E-state index in [4.69, 9.17) is 19.3 Å². The standard InChI is InChI=1S/C26H31NO2.2C24H27NO2.C21H21BrO2.Na.H2O/c1-5-27(24-15-16-24)18-23-14-11-21(17-25(23)19(3)4)8-7-20-9-12-22(13-10-20)26(28)29-6-2;1-4-27-24(26)20-10-7-18(8-11-20)5-6-19-9-12-21(16-25-22-13-14-22)23(15-19)17(2)3;1-4-25(22-13-14-22)16-21-12-9-19(15-23(21)17(2)3)6-5-18-7-10-20(11-8-18)24(26)27;1-4-24-21(23)18-10-7-16(8-11-18)5-6-17-9-12-19(14-22)20(13-17)15(2)3;;/h9-14,17,19,24H,5-6,15-16,18H2,1-4H3;7-12,15,17,22,25H,4,13-14,16H2,1-3H3;7-12,15,17,22H,4,13-14,16H2,1-3H3,(H,26,27);7-13,15H,4,14H2,1-3H3;;1H2/q;;;;+1;/p-1. The maximum atomic E-state index is 11.8. The summed E-state index contributed by atoms with van der Waals surface area (Å²) in [7, 11) is 0. The number of halogens is 1. The molecular formula is C95H107BrN3NaO9. The van der Waals surface area contributed by atoms with E-state index in [0.29, 0.717) is 66.2 Å². The van der Waals surface area contributed by atoms with Crippen molar-refractivity contribution in [1.29, 1.82) is 0 Å². The number of nitrogens with one attached hydrogen (secondary N) is 1. The van der Waals surface area contributed by atoms with Gasteiger partial charge in [0.1, 0.15) is 0 Å². The SMILES string of the molecule is CCN(Cc1ccc(C#Cc2ccc(C(=O)O)cc2)cc1C(C)C)C1CC1.CCOC(=O)c1ccc(C#Cc2ccc(CBr)c(C(C)C)c2)cc1.CCOC(=O)c1ccc(C#Cc2ccc(CN(CC)C3CC3)c(C(C)C)c2)cc1.CCOC(=O)c1ccc(C#Cc2ccc(CNC3CC3)c(C(C)C)c2)cc1.[Na+].[OH-]. The van der Waals surface area contributed by atoms with E-state index < -0.39 is 5.97 Å². The fourth-order valence-corrected chi connectivity index (χ4v) is 12.8. The van der Waals surface area contributed by atoms with Gasteiger partial charge in [-0.15, -0.1) is 0 Å². The number of aromatic carboxylic acids is 1. The van der Waals surface area contributed by atoms with E-state index in [0.717, 1.165) is 94.6 Å². The zero-order valence-corrected chi connectivity index (χ0v) is 69.9. The van der Waals surface area contributed by atoms with Crippen LogP contribution in [0.2, 0.25) is 0 Å². The minimum Gasteiger partial charge on any atom is -0.870 e. The smallest absolute Gasteiger partial charge is 0.870 e. The minimum absolute atomic E-state index is 0. The Balaban J connectivity index is 0.000000226. The van der Waals surface area contributed by atoms with Gasteiger partial charge in [-0.2, -0.15) is 0 Å². The first-order valence-electron chi connectivity index (χ1n) is 38.1. The van der Waals surface area contributed by atoms with E-state index in [1.54, 1.807) is 81.4 Å². The van der Waals surface area contributed by atoms with Crippen LogP contribution in [0.15, 0.2) is 170 Å². The first-order chi connectivity index (χ1) is 51.6. The Morgan fingerprint density at radius 1 is 0.394 bits per heavy atom. The van der Waals surface area contributed by atoms with Crippen LogP contribution in [-0.2, 0) is 39.2 Å². The van der Waals surface area contributed by atoms with Crippen LogP contribution in [-0.4, -0.2) is 95.3 Å². The molecule has 14 heteroatoms. The third kappa shape index (κ3) is 28.9. The van der Waals surface area contributed by atoms with E-state index in [1.807, 2.05) is 42.5 Å². The Bertz CT molecular complexity index is 4570. The van der Waals surface area contributed by atoms with Crippen molar-refractivity contribution in [3.8, 4) is 47.4 Å². The first-order valence-corrected chi connectivity index (χ1v) is 39.2. The number of hydrogen-bond donors (Lipinski definition) is 2. The number of carbonyl (C=O) groups excluding carboxylic acids is 3. The molecule has 0 atom stereocenters. The van der Waals surface area contributed by atoms with E-state index >= 15 is 0 Å². The zero-order chi connectivity index (χ0) is 76.9. The van der Waals surface area contributed by atoms with Crippen molar-refractivity contribution in [3.05, 3.63) is 281 Å². The topological polar surface area (TPSA) is 165 Å². The zero-order valence-electron chi connectivity index (χ0n) is 66.3. The molecule has 3 aliphatic carbocycles. The van der Waals surface area contributed by atoms with Gasteiger partial charge in [0.05, 0.1) is 42.1 Å². The minimum atomic E-state index is -0.918. The van der Waals surface area contributed by atoms with Gasteiger partial charge in [0.2, 0.25) is 0 Å². The maximum Gasteiger partial charge on any atom is 1.00 e. The van der Waals surface area contributed by atoms with Gasteiger partial charge in [0.15, 0.2) is 0 Å². The van der Waals surface area contributed by atoms with Crippen molar-refractivity contribution in [1.82, 2.24) is 15.1 Å². The van der Waals surface area contributed by atoms with Crippen LogP contribution in [0.3, 0.4) is 0 Å². The Hall–Kier alpha value is -8.80. The average Bonchev–Trinajstić information content (AvgIpc) is 1.75. The summed E-state index contributed by atoms with van der Waals surface area (Å²) in [6, 6.07) is 56.6. The summed E-state index contributed by atoms with van der Waals surface area (Å²) < 4.78 is 15.0. The van der Waals surface area contributed by atoms with Gasteiger partial charge in [-0.05, 0) is 286 Å². The second-order valence-corrected chi connectivity index (χ2v) is 29.0. The van der Waals surface area contributed by atoms with Gasteiger partial charge in [-0.1, -0.05) is 157 Å². The molecule has 564 valence electrons. The summed E-state index contributed by atoms with van der Waals surface area (Å²) in [4.78, 5) is 51.2. The van der Waals surface area contributed by atoms with Gasteiger partial charge >= 0.3 is 53.4 Å². The van der Waals surface area contributed by atoms with Crippen LogP contribution >= 0.6 is 15.9 Å². The third-order valence-corrected chi connectivity index (χ3v) is 19.4. The molecule has 0 heterocycles. The Labute approximate surface area is 680 Å². The fourth-order valence-electron chi connectivity index (χ4n) is 12.3. The number of carboxylic acid groups (broad SMARTS) is 1. The molecule has 3 aliphatic rings. The van der Waals surface area contributed by atoms with E-state index in [2.05, 4.69) is 214 Å². The predicted molar refractivity (Wildman–Crippen MR) is 439 cm³/mol. The van der Waals surface area contributed by atoms with Crippen LogP contribution in [0.4, 0.5) is 0 Å². The number of rotatable bonds is 23. The monoisotopic (exact) mass is 1540 g/mol. The number of alkyl halides is 1. The van der Waals surface area contributed by atoms with Gasteiger partial charge in [0, 0.05) is 87.6 Å². The Morgan fingerprint density at radius 2 is 0.651 bits per heavy atom. The third-order valence-electron chi connectivity index (χ3n) is 18.8. The number of hydrogen-bond acceptors (Lipinski definition) is 11. The van der Waals surface area contributed by atoms with Crippen molar-refractivity contribution in [2.24, 2.45) is 0 Å². The van der Waals surface area contributed by atoms with E-state index in [1.165, 1.54) is 83.0 Å². The van der Waals surface area contributed by atoms with Crippen molar-refractivity contribution in [2.75, 3.05) is 32.9 Å². The molecule has 0 amide bonds. The second-order valence-electron chi connectivity index (χ2n) is 28.4. The first kappa shape index (κ1) is 89.1. The quantitative estimate of drug-likeness (QED) is 0.0205. The number of benzene rings is 8. The molecule has 0 bridgehead atoms. The molecule has 3 N–H and O–H groups in total. The van der Waals surface area contributed by atoms with Crippen molar-refractivity contribution in [2.45, 2.75) is 195 Å². The van der Waals surface area contributed by atoms with Crippen molar-refractivity contribution in [3.63, 3.8) is 0 Å². The fraction of sp³-hybridized carbons (Fsp3) is 0.368. The molecule has 0 aromatic heterocycles. The number of esters is 3. The van der Waals surface area contributed by atoms with E-state index in [9.17, 15) is 19.2 Å². The van der Waals surface area contributed by atoms with Gasteiger partial charge < -0.3 is 30.1 Å². The number of ether oxygens (including phenoxy) is 3. The normalized spacial score (nSPS) is 12.4. The summed E-state index contributed by atoms with van der Waals surface area (Å²) >= 11 is 3.53.